The van der Waals surface area contributed by atoms with Gasteiger partial charge in [0.25, 0.3) is 0 Å². The fourth-order valence-electron chi connectivity index (χ4n) is 9.35. The van der Waals surface area contributed by atoms with Crippen molar-refractivity contribution in [3.8, 4) is 0 Å². The van der Waals surface area contributed by atoms with Crippen LogP contribution in [0.3, 0.4) is 0 Å². The van der Waals surface area contributed by atoms with Crippen molar-refractivity contribution < 1.29 is 28.6 Å². The number of carbonyl (C=O) groups excluding carboxylic acids is 3. The molecule has 0 aromatic carbocycles. The number of hydrogen-bond donors (Lipinski definition) is 0. The molecule has 0 bridgehead atoms. The van der Waals surface area contributed by atoms with Gasteiger partial charge in [-0.05, 0) is 103 Å². The van der Waals surface area contributed by atoms with Crippen LogP contribution in [0.4, 0.5) is 0 Å². The second-order valence-electron chi connectivity index (χ2n) is 22.0. The van der Waals surface area contributed by atoms with Crippen LogP contribution in [0, 0.1) is 0 Å². The van der Waals surface area contributed by atoms with Gasteiger partial charge in [0.1, 0.15) is 13.2 Å². The number of rotatable bonds is 60. The minimum Gasteiger partial charge on any atom is -0.462 e. The second kappa shape index (κ2) is 66.6. The molecule has 6 heteroatoms. The lowest BCUT2D eigenvalue weighted by molar-refractivity contribution is -0.167. The monoisotopic (exact) mass is 1100 g/mol. The fraction of sp³-hybridized carbons (Fsp3) is 0.712. The van der Waals surface area contributed by atoms with E-state index >= 15 is 0 Å². The van der Waals surface area contributed by atoms with Crippen molar-refractivity contribution in [3.05, 3.63) is 109 Å². The summed E-state index contributed by atoms with van der Waals surface area (Å²) in [4.78, 5) is 38.2. The lowest BCUT2D eigenvalue weighted by Gasteiger charge is -2.18. The quantitative estimate of drug-likeness (QED) is 0.0261. The number of allylic oxidation sites excluding steroid dienone is 18. The molecule has 79 heavy (non-hydrogen) atoms. The Morgan fingerprint density at radius 1 is 0.266 bits per heavy atom. The molecule has 0 heterocycles. The van der Waals surface area contributed by atoms with Crippen LogP contribution >= 0.6 is 0 Å². The Hall–Kier alpha value is -3.93. The predicted octanol–water partition coefficient (Wildman–Crippen LogP) is 23.0. The highest BCUT2D eigenvalue weighted by Crippen LogP contribution is 2.17. The van der Waals surface area contributed by atoms with Crippen LogP contribution < -0.4 is 0 Å². The van der Waals surface area contributed by atoms with E-state index in [9.17, 15) is 14.4 Å². The average Bonchev–Trinajstić information content (AvgIpc) is 3.45. The van der Waals surface area contributed by atoms with E-state index in [4.69, 9.17) is 14.2 Å². The molecule has 0 aromatic rings. The largest absolute Gasteiger partial charge is 0.462 e. The molecule has 0 fully saturated rings. The summed E-state index contributed by atoms with van der Waals surface area (Å²) in [7, 11) is 0. The minimum absolute atomic E-state index is 0.0880. The van der Waals surface area contributed by atoms with Crippen molar-refractivity contribution in [2.24, 2.45) is 0 Å². The Morgan fingerprint density at radius 3 is 0.785 bits per heavy atom. The molecule has 0 aliphatic carbocycles. The van der Waals surface area contributed by atoms with Crippen LogP contribution in [0.25, 0.3) is 0 Å². The molecule has 0 aliphatic rings. The summed E-state index contributed by atoms with van der Waals surface area (Å²) in [5.41, 5.74) is 0. The van der Waals surface area contributed by atoms with Gasteiger partial charge in [0, 0.05) is 19.3 Å². The van der Waals surface area contributed by atoms with Gasteiger partial charge < -0.3 is 14.2 Å². The smallest absolute Gasteiger partial charge is 0.306 e. The summed E-state index contributed by atoms with van der Waals surface area (Å²) in [6.45, 7) is 6.39. The van der Waals surface area contributed by atoms with E-state index in [1.54, 1.807) is 0 Å². The van der Waals surface area contributed by atoms with Crippen molar-refractivity contribution in [1.82, 2.24) is 0 Å². The van der Waals surface area contributed by atoms with E-state index in [0.717, 1.165) is 122 Å². The summed E-state index contributed by atoms with van der Waals surface area (Å²) in [5, 5.41) is 0. The zero-order valence-corrected chi connectivity index (χ0v) is 51.9. The first-order valence-corrected chi connectivity index (χ1v) is 33.4. The average molecular weight is 1100 g/mol. The predicted molar refractivity (Wildman–Crippen MR) is 343 cm³/mol. The van der Waals surface area contributed by atoms with Crippen LogP contribution in [0.5, 0.6) is 0 Å². The van der Waals surface area contributed by atoms with Crippen LogP contribution in [0.2, 0.25) is 0 Å². The Morgan fingerprint density at radius 2 is 0.494 bits per heavy atom. The van der Waals surface area contributed by atoms with Crippen LogP contribution in [0.1, 0.15) is 316 Å². The first-order chi connectivity index (χ1) is 39.0. The maximum Gasteiger partial charge on any atom is 0.306 e. The summed E-state index contributed by atoms with van der Waals surface area (Å²) in [5.74, 6) is -0.913. The number of hydrogen-bond acceptors (Lipinski definition) is 6. The molecule has 0 saturated heterocycles. The number of ether oxygens (including phenoxy) is 3. The van der Waals surface area contributed by atoms with E-state index in [2.05, 4.69) is 130 Å². The first kappa shape index (κ1) is 75.1. The van der Waals surface area contributed by atoms with Crippen molar-refractivity contribution in [2.75, 3.05) is 13.2 Å². The van der Waals surface area contributed by atoms with E-state index < -0.39 is 6.10 Å². The van der Waals surface area contributed by atoms with Gasteiger partial charge in [0.2, 0.25) is 0 Å². The summed E-state index contributed by atoms with van der Waals surface area (Å²) in [6, 6.07) is 0. The summed E-state index contributed by atoms with van der Waals surface area (Å²) >= 11 is 0. The molecule has 0 rings (SSSR count). The molecule has 6 nitrogen and oxygen atoms in total. The Labute approximate surface area is 489 Å². The SMILES string of the molecule is CC/C=C\C/C=C\C/C=C\C/C=C\C/C=C\CCCCCC(=O)OC(COC(=O)CCCCCCCCCCC)COC(=O)CCCCCCCCCCCCCCCCCCCCCC/C=C\C/C=C\C/C=C\C/C=C\CC. The summed E-state index contributed by atoms with van der Waals surface area (Å²) in [6.07, 6.45) is 91.3. The highest BCUT2D eigenvalue weighted by molar-refractivity contribution is 5.71. The highest BCUT2D eigenvalue weighted by Gasteiger charge is 2.19. The molecule has 0 aliphatic heterocycles. The standard InChI is InChI=1S/C73H124O6/c1-4-7-10-13-16-19-21-23-25-27-29-30-31-32-33-34-35-36-37-38-39-40-41-42-44-45-47-49-51-54-57-60-63-66-72(75)78-69-70(68-77-71(74)65-62-59-56-53-18-15-12-9-6-3)79-73(76)67-64-61-58-55-52-50-48-46-43-28-26-24-22-20-17-14-11-8-5-2/h7-8,10-11,16-17,19-20,23-26,29-30,43,46,50,52,70H,4-6,9,12-15,18,21-22,27-28,31-42,44-45,47-49,51,53-69H2,1-3H3/b10-7-,11-8-,19-16-,20-17-,25-23-,26-24-,30-29-,46-43-,52-50-. The van der Waals surface area contributed by atoms with Gasteiger partial charge >= 0.3 is 17.9 Å². The third-order valence-electron chi connectivity index (χ3n) is 14.3. The van der Waals surface area contributed by atoms with Gasteiger partial charge in [-0.1, -0.05) is 304 Å². The highest BCUT2D eigenvalue weighted by atomic mass is 16.6. The van der Waals surface area contributed by atoms with E-state index in [1.807, 2.05) is 0 Å². The molecular weight excluding hydrogens is 973 g/mol. The van der Waals surface area contributed by atoms with Gasteiger partial charge in [0.15, 0.2) is 6.10 Å². The maximum absolute atomic E-state index is 12.9. The van der Waals surface area contributed by atoms with Crippen molar-refractivity contribution in [3.63, 3.8) is 0 Å². The van der Waals surface area contributed by atoms with Gasteiger partial charge in [-0.2, -0.15) is 0 Å². The molecule has 0 saturated carbocycles. The number of carbonyl (C=O) groups is 3. The van der Waals surface area contributed by atoms with E-state index in [0.29, 0.717) is 19.3 Å². The Bertz CT molecular complexity index is 1590. The van der Waals surface area contributed by atoms with Gasteiger partial charge in [-0.15, -0.1) is 0 Å². The van der Waals surface area contributed by atoms with Gasteiger partial charge in [-0.3, -0.25) is 14.4 Å². The first-order valence-electron chi connectivity index (χ1n) is 33.4. The molecule has 0 aromatic heterocycles. The second-order valence-corrected chi connectivity index (χ2v) is 22.0. The van der Waals surface area contributed by atoms with Gasteiger partial charge in [0.05, 0.1) is 0 Å². The molecule has 0 N–H and O–H groups in total. The van der Waals surface area contributed by atoms with Crippen LogP contribution in [-0.4, -0.2) is 37.2 Å². The molecule has 0 amide bonds. The molecule has 1 atom stereocenters. The van der Waals surface area contributed by atoms with Crippen molar-refractivity contribution in [1.29, 1.82) is 0 Å². The van der Waals surface area contributed by atoms with Crippen molar-refractivity contribution >= 4 is 17.9 Å². The number of unbranched alkanes of at least 4 members (excludes halogenated alkanes) is 31. The maximum atomic E-state index is 12.9. The summed E-state index contributed by atoms with van der Waals surface area (Å²) < 4.78 is 16.9. The minimum atomic E-state index is -0.793. The zero-order valence-electron chi connectivity index (χ0n) is 51.9. The Balaban J connectivity index is 4.12. The van der Waals surface area contributed by atoms with E-state index in [1.165, 1.54) is 154 Å². The van der Waals surface area contributed by atoms with Gasteiger partial charge in [-0.25, -0.2) is 0 Å². The molecule has 452 valence electrons. The Kier molecular flexibility index (Phi) is 63.3. The third kappa shape index (κ3) is 64.8. The van der Waals surface area contributed by atoms with E-state index in [-0.39, 0.29) is 31.1 Å². The lowest BCUT2D eigenvalue weighted by Crippen LogP contribution is -2.30. The van der Waals surface area contributed by atoms with Crippen LogP contribution in [0.15, 0.2) is 109 Å². The third-order valence-corrected chi connectivity index (χ3v) is 14.3. The zero-order chi connectivity index (χ0) is 57.1. The molecule has 0 spiro atoms. The molecule has 0 radical (unpaired) electrons. The topological polar surface area (TPSA) is 78.9 Å². The molecule has 1 unspecified atom stereocenters. The van der Waals surface area contributed by atoms with Crippen LogP contribution in [-0.2, 0) is 28.6 Å². The lowest BCUT2D eigenvalue weighted by atomic mass is 10.0. The normalized spacial score (nSPS) is 12.8. The number of esters is 3. The van der Waals surface area contributed by atoms with Crippen molar-refractivity contribution in [2.45, 2.75) is 322 Å². The fourth-order valence-corrected chi connectivity index (χ4v) is 9.35. The molecular formula is C73H124O6.